The highest BCUT2D eigenvalue weighted by molar-refractivity contribution is 6.10. The van der Waals surface area contributed by atoms with Gasteiger partial charge in [-0.05, 0) is 92.3 Å². The molecule has 0 saturated heterocycles. The van der Waals surface area contributed by atoms with Gasteiger partial charge in [0.1, 0.15) is 18.0 Å². The third-order valence-corrected chi connectivity index (χ3v) is 9.57. The van der Waals surface area contributed by atoms with Crippen molar-refractivity contribution in [1.82, 2.24) is 25.1 Å². The first-order valence-corrected chi connectivity index (χ1v) is 15.0. The number of pyridine rings is 1. The second-order valence-corrected chi connectivity index (χ2v) is 13.3. The number of benzene rings is 1. The normalized spacial score (nSPS) is 19.1. The van der Waals surface area contributed by atoms with E-state index in [0.29, 0.717) is 30.1 Å². The highest BCUT2D eigenvalue weighted by Crippen LogP contribution is 2.47. The summed E-state index contributed by atoms with van der Waals surface area (Å²) in [6.07, 6.45) is 4.64. The zero-order chi connectivity index (χ0) is 29.9. The quantitative estimate of drug-likeness (QED) is 0.322. The molecule has 3 heterocycles. The Labute approximate surface area is 244 Å². The molecule has 0 spiro atoms. The maximum Gasteiger partial charge on any atom is 0.416 e. The van der Waals surface area contributed by atoms with Crippen LogP contribution in [0.3, 0.4) is 0 Å². The summed E-state index contributed by atoms with van der Waals surface area (Å²) in [4.78, 5) is 20.1. The number of anilines is 1. The van der Waals surface area contributed by atoms with Crippen molar-refractivity contribution in [2.45, 2.75) is 102 Å². The SMILES string of the molecule is CC(C)Cc1cc(C2(Cc3nncn3C)CCC2)cc(N2Cc3c(cc(CNC4(C)CCC4)cc3C(F)(F)F)C2=O)n1. The molecule has 10 heteroatoms. The molecule has 42 heavy (non-hydrogen) atoms. The Morgan fingerprint density at radius 1 is 1.07 bits per heavy atom. The summed E-state index contributed by atoms with van der Waals surface area (Å²) in [7, 11) is 1.93. The molecule has 2 saturated carbocycles. The second-order valence-electron chi connectivity index (χ2n) is 13.3. The van der Waals surface area contributed by atoms with Crippen molar-refractivity contribution in [2.75, 3.05) is 4.90 Å². The summed E-state index contributed by atoms with van der Waals surface area (Å²) in [6.45, 7) is 6.45. The van der Waals surface area contributed by atoms with Crippen LogP contribution in [0.2, 0.25) is 0 Å². The number of nitrogens with zero attached hydrogens (tertiary/aromatic N) is 5. The Hall–Kier alpha value is -3.27. The molecule has 0 radical (unpaired) electrons. The molecular formula is C32H39F3N6O. The number of rotatable bonds is 9. The number of amides is 1. The van der Waals surface area contributed by atoms with Gasteiger partial charge in [-0.3, -0.25) is 9.69 Å². The number of nitrogens with one attached hydrogen (secondary N) is 1. The maximum atomic E-state index is 14.3. The molecule has 2 aromatic heterocycles. The highest BCUT2D eigenvalue weighted by Gasteiger charge is 2.43. The third-order valence-electron chi connectivity index (χ3n) is 9.57. The van der Waals surface area contributed by atoms with Gasteiger partial charge in [0.2, 0.25) is 0 Å². The summed E-state index contributed by atoms with van der Waals surface area (Å²) in [6, 6.07) is 6.90. The smallest absolute Gasteiger partial charge is 0.321 e. The van der Waals surface area contributed by atoms with Gasteiger partial charge in [-0.2, -0.15) is 13.2 Å². The first kappa shape index (κ1) is 28.8. The molecule has 2 fully saturated rings. The molecule has 224 valence electrons. The molecule has 7 nitrogen and oxygen atoms in total. The minimum Gasteiger partial charge on any atom is -0.321 e. The van der Waals surface area contributed by atoms with Crippen LogP contribution >= 0.6 is 0 Å². The molecule has 0 bridgehead atoms. The predicted octanol–water partition coefficient (Wildman–Crippen LogP) is 6.28. The largest absolute Gasteiger partial charge is 0.416 e. The van der Waals surface area contributed by atoms with Crippen LogP contribution in [0.4, 0.5) is 19.0 Å². The molecule has 1 aromatic carbocycles. The maximum absolute atomic E-state index is 14.3. The number of aryl methyl sites for hydroxylation is 1. The van der Waals surface area contributed by atoms with Crippen LogP contribution < -0.4 is 10.2 Å². The number of aromatic nitrogens is 4. The lowest BCUT2D eigenvalue weighted by atomic mass is 9.62. The number of fused-ring (bicyclic) bond motifs is 1. The van der Waals surface area contributed by atoms with E-state index in [9.17, 15) is 18.0 Å². The van der Waals surface area contributed by atoms with Crippen molar-refractivity contribution in [3.63, 3.8) is 0 Å². The van der Waals surface area contributed by atoms with Crippen molar-refractivity contribution in [1.29, 1.82) is 0 Å². The Morgan fingerprint density at radius 2 is 1.81 bits per heavy atom. The zero-order valence-electron chi connectivity index (χ0n) is 24.8. The molecule has 3 aliphatic rings. The molecule has 2 aliphatic carbocycles. The monoisotopic (exact) mass is 580 g/mol. The number of carbonyl (C=O) groups is 1. The Bertz CT molecular complexity index is 1500. The summed E-state index contributed by atoms with van der Waals surface area (Å²) < 4.78 is 45.0. The molecule has 1 aliphatic heterocycles. The fraction of sp³-hybridized carbons (Fsp3) is 0.562. The van der Waals surface area contributed by atoms with Crippen LogP contribution in [0.25, 0.3) is 0 Å². The van der Waals surface area contributed by atoms with Crippen LogP contribution in [-0.2, 0) is 44.6 Å². The van der Waals surface area contributed by atoms with E-state index in [-0.39, 0.29) is 35.2 Å². The van der Waals surface area contributed by atoms with Crippen LogP contribution in [0, 0.1) is 5.92 Å². The Kier molecular flexibility index (Phi) is 7.19. The molecule has 6 rings (SSSR count). The topological polar surface area (TPSA) is 75.9 Å². The standard InChI is InChI=1S/C32H39F3N6O/c1-20(2)11-23-14-22(31(9-6-10-31)16-28-39-37-19-40(28)4)15-27(38-23)41-18-25-24(29(41)42)12-21(13-26(25)32(33,34)35)17-36-30(3)7-5-8-30/h12-15,19-20,36H,5-11,16-18H2,1-4H3. The second kappa shape index (κ2) is 10.5. The van der Waals surface area contributed by atoms with Crippen molar-refractivity contribution < 1.29 is 18.0 Å². The number of halogens is 3. The fourth-order valence-electron chi connectivity index (χ4n) is 6.69. The molecule has 1 amide bonds. The van der Waals surface area contributed by atoms with E-state index in [1.807, 2.05) is 17.7 Å². The first-order valence-electron chi connectivity index (χ1n) is 15.0. The summed E-state index contributed by atoms with van der Waals surface area (Å²) in [5.74, 6) is 1.20. The number of hydrogen-bond donors (Lipinski definition) is 1. The third kappa shape index (κ3) is 5.34. The summed E-state index contributed by atoms with van der Waals surface area (Å²) in [5, 5.41) is 11.8. The predicted molar refractivity (Wildman–Crippen MR) is 154 cm³/mol. The Morgan fingerprint density at radius 3 is 2.38 bits per heavy atom. The summed E-state index contributed by atoms with van der Waals surface area (Å²) in [5.41, 5.74) is 1.57. The molecule has 0 atom stereocenters. The van der Waals surface area contributed by atoms with E-state index in [4.69, 9.17) is 4.98 Å². The summed E-state index contributed by atoms with van der Waals surface area (Å²) >= 11 is 0. The van der Waals surface area contributed by atoms with Gasteiger partial charge in [0, 0.05) is 42.2 Å². The molecular weight excluding hydrogens is 541 g/mol. The minimum absolute atomic E-state index is 0.0289. The molecule has 3 aromatic rings. The van der Waals surface area contributed by atoms with Crippen molar-refractivity contribution in [3.8, 4) is 0 Å². The van der Waals surface area contributed by atoms with Gasteiger partial charge < -0.3 is 9.88 Å². The van der Waals surface area contributed by atoms with Gasteiger partial charge >= 0.3 is 6.18 Å². The van der Waals surface area contributed by atoms with Crippen molar-refractivity contribution in [2.24, 2.45) is 13.0 Å². The van der Waals surface area contributed by atoms with Gasteiger partial charge in [0.25, 0.3) is 5.91 Å². The van der Waals surface area contributed by atoms with E-state index >= 15 is 0 Å². The van der Waals surface area contributed by atoms with Gasteiger partial charge in [0.15, 0.2) is 0 Å². The lowest BCUT2D eigenvalue weighted by Gasteiger charge is -2.42. The van der Waals surface area contributed by atoms with E-state index in [1.54, 1.807) is 12.4 Å². The average Bonchev–Trinajstić information content (AvgIpc) is 3.44. The van der Waals surface area contributed by atoms with E-state index in [0.717, 1.165) is 55.6 Å². The average molecular weight is 581 g/mol. The molecule has 1 N–H and O–H groups in total. The van der Waals surface area contributed by atoms with E-state index in [1.165, 1.54) is 11.0 Å². The minimum atomic E-state index is -4.57. The number of carbonyl (C=O) groups excluding carboxylic acids is 1. The van der Waals surface area contributed by atoms with Gasteiger partial charge in [-0.25, -0.2) is 4.98 Å². The highest BCUT2D eigenvalue weighted by atomic mass is 19.4. The molecule has 0 unspecified atom stereocenters. The van der Waals surface area contributed by atoms with Crippen molar-refractivity contribution >= 4 is 11.7 Å². The number of hydrogen-bond acceptors (Lipinski definition) is 5. The van der Waals surface area contributed by atoms with Crippen LogP contribution in [0.15, 0.2) is 30.6 Å². The van der Waals surface area contributed by atoms with Gasteiger partial charge in [-0.15, -0.1) is 10.2 Å². The van der Waals surface area contributed by atoms with Crippen molar-refractivity contribution in [3.05, 3.63) is 69.9 Å². The zero-order valence-corrected chi connectivity index (χ0v) is 24.8. The Balaban J connectivity index is 1.37. The lowest BCUT2D eigenvalue weighted by Crippen LogP contribution is -2.47. The van der Waals surface area contributed by atoms with Crippen LogP contribution in [0.5, 0.6) is 0 Å². The van der Waals surface area contributed by atoms with Crippen LogP contribution in [-0.4, -0.2) is 31.2 Å². The number of alkyl halides is 3. The van der Waals surface area contributed by atoms with E-state index in [2.05, 4.69) is 42.4 Å². The fourth-order valence-corrected chi connectivity index (χ4v) is 6.69. The van der Waals surface area contributed by atoms with Gasteiger partial charge in [-0.1, -0.05) is 20.3 Å². The van der Waals surface area contributed by atoms with Crippen LogP contribution in [0.1, 0.15) is 103 Å². The first-order chi connectivity index (χ1) is 19.9. The van der Waals surface area contributed by atoms with E-state index < -0.39 is 17.6 Å². The lowest BCUT2D eigenvalue weighted by molar-refractivity contribution is -0.138. The van der Waals surface area contributed by atoms with Gasteiger partial charge in [0.05, 0.1) is 12.1 Å².